The van der Waals surface area contributed by atoms with Gasteiger partial charge < -0.3 is 33.8 Å². The number of aromatic nitrogens is 3. The molecule has 2 aromatic heterocycles. The van der Waals surface area contributed by atoms with Gasteiger partial charge in [0.25, 0.3) is 0 Å². The van der Waals surface area contributed by atoms with Crippen molar-refractivity contribution >= 4 is 39.7 Å². The molecule has 0 radical (unpaired) electrons. The number of anilines is 1. The second-order valence-corrected chi connectivity index (χ2v) is 14.1. The number of ether oxygens (including phenoxy) is 2. The van der Waals surface area contributed by atoms with Crippen LogP contribution in [-0.2, 0) is 17.8 Å². The highest BCUT2D eigenvalue weighted by molar-refractivity contribution is 5.92. The molecule has 2 aromatic carbocycles. The zero-order valence-electron chi connectivity index (χ0n) is 29.0. The fraction of sp³-hybridized carbons (Fsp3) is 0.486. The Balaban J connectivity index is 1.45. The quantitative estimate of drug-likeness (QED) is 0.175. The van der Waals surface area contributed by atoms with E-state index in [2.05, 4.69) is 46.7 Å². The molecule has 1 amide bonds. The topological polar surface area (TPSA) is 137 Å². The number of nitrogens with zero attached hydrogens (tertiary/aromatic N) is 7. The maximum atomic E-state index is 12.9. The van der Waals surface area contributed by atoms with Gasteiger partial charge in [-0.15, -0.1) is 0 Å². The van der Waals surface area contributed by atoms with E-state index in [1.807, 2.05) is 51.1 Å². The van der Waals surface area contributed by atoms with Crippen molar-refractivity contribution in [2.75, 3.05) is 44.7 Å². The second kappa shape index (κ2) is 13.9. The third-order valence-electron chi connectivity index (χ3n) is 9.64. The summed E-state index contributed by atoms with van der Waals surface area (Å²) in [6.07, 6.45) is 3.82. The smallest absolute Gasteiger partial charge is 0.407 e. The van der Waals surface area contributed by atoms with Crippen LogP contribution >= 0.6 is 0 Å². The van der Waals surface area contributed by atoms with Gasteiger partial charge in [-0.2, -0.15) is 15.2 Å². The molecule has 1 N–H and O–H groups in total. The van der Waals surface area contributed by atoms with Crippen LogP contribution in [0.2, 0.25) is 0 Å². The number of benzene rings is 2. The minimum absolute atomic E-state index is 0.0810. The molecule has 0 aliphatic carbocycles. The van der Waals surface area contributed by atoms with Crippen molar-refractivity contribution in [3.8, 4) is 17.8 Å². The molecule has 2 aliphatic rings. The van der Waals surface area contributed by atoms with Crippen molar-refractivity contribution in [2.24, 2.45) is 5.41 Å². The van der Waals surface area contributed by atoms with Gasteiger partial charge in [-0.05, 0) is 82.6 Å². The second-order valence-electron chi connectivity index (χ2n) is 14.1. The SMILES string of the molecule is CCn1cc(Cc2cc(OC(=O)C(C)(C)C)cc3ccccc23)c2nc(OCC3CCCN3C)nc(N3CCN(C(=O)O)C(CC#N)C3)c21. The van der Waals surface area contributed by atoms with Gasteiger partial charge in [0.2, 0.25) is 0 Å². The first-order valence-electron chi connectivity index (χ1n) is 17.0. The van der Waals surface area contributed by atoms with Crippen LogP contribution in [0.3, 0.4) is 0 Å². The van der Waals surface area contributed by atoms with Gasteiger partial charge in [-0.3, -0.25) is 4.79 Å². The summed E-state index contributed by atoms with van der Waals surface area (Å²) in [7, 11) is 2.10. The number of carbonyl (C=O) groups is 2. The molecule has 2 fully saturated rings. The van der Waals surface area contributed by atoms with Gasteiger partial charge in [-0.1, -0.05) is 24.3 Å². The van der Waals surface area contributed by atoms with Crippen LogP contribution < -0.4 is 14.4 Å². The van der Waals surface area contributed by atoms with E-state index >= 15 is 0 Å². The monoisotopic (exact) mass is 667 g/mol. The fourth-order valence-electron chi connectivity index (χ4n) is 6.86. The Labute approximate surface area is 286 Å². The van der Waals surface area contributed by atoms with E-state index in [4.69, 9.17) is 19.4 Å². The third-order valence-corrected chi connectivity index (χ3v) is 9.64. The molecule has 2 atom stereocenters. The standard InChI is InChI=1S/C37H45N7O5/c1-6-42-21-26(18-25-20-29(49-34(45)37(2,3)4)19-24-10-7-8-12-30(24)25)31-32(42)33(40-35(39-31)48-23-28-11-9-15-41(28)5)43-16-17-44(36(46)47)27(22-43)13-14-38/h7-8,10,12,19-21,27-28H,6,9,11,13,15-18,22-23H2,1-5H3,(H,46,47). The lowest BCUT2D eigenvalue weighted by molar-refractivity contribution is -0.142. The highest BCUT2D eigenvalue weighted by atomic mass is 16.5. The largest absolute Gasteiger partial charge is 0.465 e. The molecule has 6 rings (SSSR count). The molecule has 2 aliphatic heterocycles. The number of hydrogen-bond donors (Lipinski definition) is 1. The maximum Gasteiger partial charge on any atom is 0.407 e. The average molecular weight is 668 g/mol. The van der Waals surface area contributed by atoms with Crippen LogP contribution in [0.4, 0.5) is 10.6 Å². The lowest BCUT2D eigenvalue weighted by atomic mass is 9.97. The number of nitriles is 1. The summed E-state index contributed by atoms with van der Waals surface area (Å²) in [5.41, 5.74) is 2.89. The number of carbonyl (C=O) groups excluding carboxylic acids is 1. The number of aryl methyl sites for hydroxylation is 1. The number of amides is 1. The van der Waals surface area contributed by atoms with Crippen LogP contribution in [0.1, 0.15) is 58.1 Å². The molecule has 2 unspecified atom stereocenters. The minimum atomic E-state index is -1.03. The van der Waals surface area contributed by atoms with E-state index in [-0.39, 0.29) is 31.0 Å². The summed E-state index contributed by atoms with van der Waals surface area (Å²) in [5, 5.41) is 21.4. The molecule has 4 aromatic rings. The lowest BCUT2D eigenvalue weighted by Crippen LogP contribution is -2.55. The Bertz CT molecular complexity index is 1910. The van der Waals surface area contributed by atoms with Crippen LogP contribution in [0.25, 0.3) is 21.8 Å². The van der Waals surface area contributed by atoms with Gasteiger partial charge in [-0.25, -0.2) is 4.79 Å². The molecule has 12 heteroatoms. The summed E-state index contributed by atoms with van der Waals surface area (Å²) in [6, 6.07) is 14.1. The summed E-state index contributed by atoms with van der Waals surface area (Å²) in [4.78, 5) is 40.6. The maximum absolute atomic E-state index is 12.9. The number of likely N-dealkylation sites (tertiary alicyclic amines) is 1. The molecular weight excluding hydrogens is 622 g/mol. The van der Waals surface area contributed by atoms with Crippen molar-refractivity contribution in [2.45, 2.75) is 72.0 Å². The summed E-state index contributed by atoms with van der Waals surface area (Å²) in [5.74, 6) is 0.854. The molecule has 0 saturated carbocycles. The summed E-state index contributed by atoms with van der Waals surface area (Å²) in [6.45, 7) is 10.7. The molecule has 49 heavy (non-hydrogen) atoms. The zero-order valence-corrected chi connectivity index (χ0v) is 29.0. The Kier molecular flexibility index (Phi) is 9.65. The van der Waals surface area contributed by atoms with Crippen molar-refractivity contribution in [3.05, 3.63) is 53.7 Å². The van der Waals surface area contributed by atoms with E-state index in [0.29, 0.717) is 44.2 Å². The van der Waals surface area contributed by atoms with Gasteiger partial charge in [0.1, 0.15) is 23.4 Å². The van der Waals surface area contributed by atoms with Gasteiger partial charge in [0.05, 0.1) is 23.9 Å². The van der Waals surface area contributed by atoms with Crippen LogP contribution in [-0.4, -0.2) is 93.4 Å². The van der Waals surface area contributed by atoms with Crippen molar-refractivity contribution < 1.29 is 24.2 Å². The van der Waals surface area contributed by atoms with Crippen LogP contribution in [0.5, 0.6) is 11.8 Å². The number of esters is 1. The zero-order chi connectivity index (χ0) is 34.9. The van der Waals surface area contributed by atoms with Gasteiger partial charge in [0, 0.05) is 50.4 Å². The van der Waals surface area contributed by atoms with Gasteiger partial charge in [0.15, 0.2) is 5.82 Å². The average Bonchev–Trinajstić information content (AvgIpc) is 3.65. The third kappa shape index (κ3) is 7.13. The molecule has 4 heterocycles. The van der Waals surface area contributed by atoms with E-state index in [0.717, 1.165) is 52.3 Å². The molecule has 0 spiro atoms. The van der Waals surface area contributed by atoms with Crippen molar-refractivity contribution in [1.82, 2.24) is 24.3 Å². The first kappa shape index (κ1) is 34.0. The highest BCUT2D eigenvalue weighted by Crippen LogP contribution is 2.35. The fourth-order valence-corrected chi connectivity index (χ4v) is 6.86. The molecule has 0 bridgehead atoms. The Hall–Kier alpha value is -4.89. The number of piperazine rings is 1. The Morgan fingerprint density at radius 1 is 1.08 bits per heavy atom. The molecular formula is C37H45N7O5. The predicted octanol–water partition coefficient (Wildman–Crippen LogP) is 5.70. The number of hydrogen-bond acceptors (Lipinski definition) is 9. The van der Waals surface area contributed by atoms with Crippen molar-refractivity contribution in [1.29, 1.82) is 5.26 Å². The van der Waals surface area contributed by atoms with E-state index in [9.17, 15) is 20.0 Å². The highest BCUT2D eigenvalue weighted by Gasteiger charge is 2.33. The van der Waals surface area contributed by atoms with Crippen LogP contribution in [0.15, 0.2) is 42.6 Å². The Morgan fingerprint density at radius 2 is 1.88 bits per heavy atom. The molecule has 12 nitrogen and oxygen atoms in total. The number of fused-ring (bicyclic) bond motifs is 2. The first-order valence-corrected chi connectivity index (χ1v) is 17.0. The van der Waals surface area contributed by atoms with E-state index in [1.54, 1.807) is 0 Å². The normalized spacial score (nSPS) is 18.6. The molecule has 258 valence electrons. The van der Waals surface area contributed by atoms with E-state index in [1.165, 1.54) is 4.90 Å². The van der Waals surface area contributed by atoms with E-state index < -0.39 is 17.6 Å². The first-order chi connectivity index (χ1) is 23.5. The van der Waals surface area contributed by atoms with Crippen LogP contribution in [0, 0.1) is 16.7 Å². The van der Waals surface area contributed by atoms with Crippen molar-refractivity contribution in [3.63, 3.8) is 0 Å². The summed E-state index contributed by atoms with van der Waals surface area (Å²) < 4.78 is 14.3. The van der Waals surface area contributed by atoms with Gasteiger partial charge >= 0.3 is 18.1 Å². The number of likely N-dealkylation sites (N-methyl/N-ethyl adjacent to an activating group) is 1. The Morgan fingerprint density at radius 3 is 2.57 bits per heavy atom. The lowest BCUT2D eigenvalue weighted by Gasteiger charge is -2.39. The summed E-state index contributed by atoms with van der Waals surface area (Å²) >= 11 is 0. The number of rotatable bonds is 9. The number of carboxylic acid groups (broad SMARTS) is 1. The minimum Gasteiger partial charge on any atom is -0.465 e. The molecule has 2 saturated heterocycles. The predicted molar refractivity (Wildman–Crippen MR) is 187 cm³/mol.